The minimum atomic E-state index is -0.995. The Morgan fingerprint density at radius 2 is 2.00 bits per heavy atom. The highest BCUT2D eigenvalue weighted by atomic mass is 79.9. The van der Waals surface area contributed by atoms with Crippen molar-refractivity contribution in [2.75, 3.05) is 26.3 Å². The number of halogens is 1. The van der Waals surface area contributed by atoms with Crippen molar-refractivity contribution in [2.45, 2.75) is 18.9 Å². The van der Waals surface area contributed by atoms with E-state index in [4.69, 9.17) is 10.5 Å². The molecule has 1 saturated heterocycles. The SMILES string of the molecule is CC(N)(C(=O)N1CCCOCC1)c1ccc(Br)cc1. The van der Waals surface area contributed by atoms with Gasteiger partial charge in [-0.2, -0.15) is 0 Å². The van der Waals surface area contributed by atoms with Crippen molar-refractivity contribution >= 4 is 21.8 Å². The summed E-state index contributed by atoms with van der Waals surface area (Å²) in [6.07, 6.45) is 0.863. The Kier molecular flexibility index (Phi) is 4.60. The Bertz CT molecular complexity index is 437. The summed E-state index contributed by atoms with van der Waals surface area (Å²) in [6, 6.07) is 7.57. The quantitative estimate of drug-likeness (QED) is 0.902. The molecular formula is C14H19BrN2O2. The molecule has 2 N–H and O–H groups in total. The highest BCUT2D eigenvalue weighted by Gasteiger charge is 2.34. The summed E-state index contributed by atoms with van der Waals surface area (Å²) in [5, 5.41) is 0. The van der Waals surface area contributed by atoms with Crippen molar-refractivity contribution in [2.24, 2.45) is 5.73 Å². The Morgan fingerprint density at radius 1 is 1.32 bits per heavy atom. The van der Waals surface area contributed by atoms with E-state index in [1.54, 1.807) is 11.8 Å². The van der Waals surface area contributed by atoms with Gasteiger partial charge in [-0.1, -0.05) is 28.1 Å². The molecule has 0 spiro atoms. The fourth-order valence-corrected chi connectivity index (χ4v) is 2.46. The van der Waals surface area contributed by atoms with Gasteiger partial charge in [0.25, 0.3) is 0 Å². The number of nitrogens with zero attached hydrogens (tertiary/aromatic N) is 1. The van der Waals surface area contributed by atoms with Crippen molar-refractivity contribution in [3.8, 4) is 0 Å². The average molecular weight is 327 g/mol. The number of nitrogens with two attached hydrogens (primary N) is 1. The first kappa shape index (κ1) is 14.5. The molecule has 1 unspecified atom stereocenters. The lowest BCUT2D eigenvalue weighted by molar-refractivity contribution is -0.136. The van der Waals surface area contributed by atoms with Gasteiger partial charge in [-0.15, -0.1) is 0 Å². The number of rotatable bonds is 2. The van der Waals surface area contributed by atoms with Crippen LogP contribution in [0.5, 0.6) is 0 Å². The zero-order valence-electron chi connectivity index (χ0n) is 11.1. The zero-order valence-corrected chi connectivity index (χ0v) is 12.6. The van der Waals surface area contributed by atoms with Crippen LogP contribution in [-0.4, -0.2) is 37.1 Å². The Balaban J connectivity index is 2.17. The monoisotopic (exact) mass is 326 g/mol. The Labute approximate surface area is 122 Å². The third-order valence-corrected chi connectivity index (χ3v) is 3.93. The lowest BCUT2D eigenvalue weighted by atomic mass is 9.91. The molecule has 4 nitrogen and oxygen atoms in total. The van der Waals surface area contributed by atoms with Crippen molar-refractivity contribution < 1.29 is 9.53 Å². The van der Waals surface area contributed by atoms with Crippen LogP contribution in [0.15, 0.2) is 28.7 Å². The molecule has 104 valence electrons. The number of hydrogen-bond acceptors (Lipinski definition) is 3. The van der Waals surface area contributed by atoms with Gasteiger partial charge in [-0.3, -0.25) is 4.79 Å². The van der Waals surface area contributed by atoms with Crippen molar-refractivity contribution in [3.05, 3.63) is 34.3 Å². The fraction of sp³-hybridized carbons (Fsp3) is 0.500. The third-order valence-electron chi connectivity index (χ3n) is 3.40. The number of hydrogen-bond donors (Lipinski definition) is 1. The molecule has 1 heterocycles. The molecule has 1 aromatic rings. The largest absolute Gasteiger partial charge is 0.380 e. The van der Waals surface area contributed by atoms with E-state index in [1.807, 2.05) is 24.3 Å². The first-order valence-corrected chi connectivity index (χ1v) is 7.23. The summed E-state index contributed by atoms with van der Waals surface area (Å²) in [5.74, 6) is -0.0414. The third kappa shape index (κ3) is 3.35. The van der Waals surface area contributed by atoms with Crippen LogP contribution in [0, 0.1) is 0 Å². The highest BCUT2D eigenvalue weighted by molar-refractivity contribution is 9.10. The predicted octanol–water partition coefficient (Wildman–Crippen LogP) is 1.87. The van der Waals surface area contributed by atoms with Gasteiger partial charge in [-0.25, -0.2) is 0 Å². The summed E-state index contributed by atoms with van der Waals surface area (Å²) in [5.41, 5.74) is 6.10. The molecule has 0 radical (unpaired) electrons. The van der Waals surface area contributed by atoms with Crippen LogP contribution in [0.3, 0.4) is 0 Å². The van der Waals surface area contributed by atoms with Gasteiger partial charge in [0.05, 0.1) is 6.61 Å². The van der Waals surface area contributed by atoms with E-state index in [1.165, 1.54) is 0 Å². The summed E-state index contributed by atoms with van der Waals surface area (Å²) in [4.78, 5) is 14.4. The maximum Gasteiger partial charge on any atom is 0.247 e. The van der Waals surface area contributed by atoms with E-state index >= 15 is 0 Å². The Morgan fingerprint density at radius 3 is 2.68 bits per heavy atom. The van der Waals surface area contributed by atoms with Gasteiger partial charge in [0.15, 0.2) is 0 Å². The molecule has 2 rings (SSSR count). The van der Waals surface area contributed by atoms with E-state index in [0.717, 1.165) is 16.5 Å². The van der Waals surface area contributed by atoms with Crippen LogP contribution in [-0.2, 0) is 15.1 Å². The molecule has 1 aromatic carbocycles. The maximum atomic E-state index is 12.6. The minimum Gasteiger partial charge on any atom is -0.380 e. The van der Waals surface area contributed by atoms with Crippen molar-refractivity contribution in [1.82, 2.24) is 4.90 Å². The molecule has 0 bridgehead atoms. The van der Waals surface area contributed by atoms with Crippen molar-refractivity contribution in [3.63, 3.8) is 0 Å². The van der Waals surface area contributed by atoms with Gasteiger partial charge >= 0.3 is 0 Å². The molecule has 0 aromatic heterocycles. The first-order valence-electron chi connectivity index (χ1n) is 6.44. The van der Waals surface area contributed by atoms with Crippen LogP contribution >= 0.6 is 15.9 Å². The maximum absolute atomic E-state index is 12.6. The minimum absolute atomic E-state index is 0.0414. The lowest BCUT2D eigenvalue weighted by Crippen LogP contribution is -2.51. The van der Waals surface area contributed by atoms with Crippen LogP contribution < -0.4 is 5.73 Å². The van der Waals surface area contributed by atoms with Crippen molar-refractivity contribution in [1.29, 1.82) is 0 Å². The first-order chi connectivity index (χ1) is 9.01. The summed E-state index contributed by atoms with van der Waals surface area (Å²) >= 11 is 3.38. The second-order valence-corrected chi connectivity index (χ2v) is 5.88. The highest BCUT2D eigenvalue weighted by Crippen LogP contribution is 2.23. The van der Waals surface area contributed by atoms with E-state index in [9.17, 15) is 4.79 Å². The van der Waals surface area contributed by atoms with E-state index in [0.29, 0.717) is 26.3 Å². The number of ether oxygens (including phenoxy) is 1. The zero-order chi connectivity index (χ0) is 13.9. The van der Waals surface area contributed by atoms with Gasteiger partial charge in [0, 0.05) is 24.2 Å². The molecule has 1 aliphatic rings. The van der Waals surface area contributed by atoms with E-state index in [-0.39, 0.29) is 5.91 Å². The van der Waals surface area contributed by atoms with Gasteiger partial charge < -0.3 is 15.4 Å². The number of carbonyl (C=O) groups is 1. The van der Waals surface area contributed by atoms with Crippen LogP contribution in [0.4, 0.5) is 0 Å². The van der Waals surface area contributed by atoms with Crippen LogP contribution in [0.2, 0.25) is 0 Å². The summed E-state index contributed by atoms with van der Waals surface area (Å²) in [7, 11) is 0. The predicted molar refractivity (Wildman–Crippen MR) is 77.7 cm³/mol. The van der Waals surface area contributed by atoms with Gasteiger partial charge in [-0.05, 0) is 31.0 Å². The molecule has 5 heteroatoms. The number of carbonyl (C=O) groups excluding carboxylic acids is 1. The molecule has 0 aliphatic carbocycles. The summed E-state index contributed by atoms with van der Waals surface area (Å²) in [6.45, 7) is 4.39. The number of amides is 1. The average Bonchev–Trinajstić information content (AvgIpc) is 2.67. The molecule has 0 saturated carbocycles. The molecule has 19 heavy (non-hydrogen) atoms. The normalized spacial score (nSPS) is 19.6. The lowest BCUT2D eigenvalue weighted by Gasteiger charge is -2.31. The standard InChI is InChI=1S/C14H19BrN2O2/c1-14(16,11-3-5-12(15)6-4-11)13(18)17-7-2-9-19-10-8-17/h3-6H,2,7-10,16H2,1H3. The molecule has 1 amide bonds. The number of benzene rings is 1. The second-order valence-electron chi connectivity index (χ2n) is 4.97. The van der Waals surface area contributed by atoms with Crippen LogP contribution in [0.25, 0.3) is 0 Å². The van der Waals surface area contributed by atoms with Crippen LogP contribution in [0.1, 0.15) is 18.9 Å². The Hall–Kier alpha value is -0.910. The van der Waals surface area contributed by atoms with Gasteiger partial charge in [0.1, 0.15) is 5.54 Å². The summed E-state index contributed by atoms with van der Waals surface area (Å²) < 4.78 is 6.34. The van der Waals surface area contributed by atoms with Gasteiger partial charge in [0.2, 0.25) is 5.91 Å². The topological polar surface area (TPSA) is 55.6 Å². The molecule has 1 fully saturated rings. The fourth-order valence-electron chi connectivity index (χ4n) is 2.20. The molecule has 1 aliphatic heterocycles. The second kappa shape index (κ2) is 6.03. The van der Waals surface area contributed by atoms with E-state index < -0.39 is 5.54 Å². The molecule has 1 atom stereocenters. The smallest absolute Gasteiger partial charge is 0.247 e. The molecular weight excluding hydrogens is 308 g/mol. The van der Waals surface area contributed by atoms with E-state index in [2.05, 4.69) is 15.9 Å².